The summed E-state index contributed by atoms with van der Waals surface area (Å²) in [5, 5.41) is 0. The van der Waals surface area contributed by atoms with Crippen LogP contribution in [0.25, 0.3) is 0 Å². The summed E-state index contributed by atoms with van der Waals surface area (Å²) in [7, 11) is 0. The van der Waals surface area contributed by atoms with Crippen LogP contribution in [-0.2, 0) is 65.4 Å². The Morgan fingerprint density at radius 3 is 1.47 bits per heavy atom. The van der Waals surface area contributed by atoms with Crippen molar-refractivity contribution in [1.82, 2.24) is 0 Å². The van der Waals surface area contributed by atoms with Gasteiger partial charge >= 0.3 is 0 Å². The van der Waals surface area contributed by atoms with Gasteiger partial charge in [0, 0.05) is 82.5 Å². The molecule has 150 valence electrons. The van der Waals surface area contributed by atoms with Crippen LogP contribution in [0.2, 0.25) is 0 Å². The zero-order valence-electron chi connectivity index (χ0n) is 17.8. The van der Waals surface area contributed by atoms with Crippen LogP contribution in [0, 0.1) is 12.2 Å². The molecule has 0 bridgehead atoms. The Bertz CT molecular complexity index is 1140. The van der Waals surface area contributed by atoms with E-state index in [2.05, 4.69) is 114 Å². The maximum Gasteiger partial charge on any atom is 0.0461 e. The van der Waals surface area contributed by atoms with Gasteiger partial charge in [-0.25, -0.2) is 11.1 Å². The molecule has 0 spiro atoms. The van der Waals surface area contributed by atoms with E-state index in [9.17, 15) is 0 Å². The van der Waals surface area contributed by atoms with E-state index in [1.165, 1.54) is 27.9 Å². The van der Waals surface area contributed by atoms with Gasteiger partial charge in [0.1, 0.15) is 0 Å². The minimum Gasteiger partial charge on any atom is -0.311 e. The molecule has 0 fully saturated rings. The minimum atomic E-state index is 0. The molecule has 0 atom stereocenters. The van der Waals surface area contributed by atoms with Crippen molar-refractivity contribution < 1.29 is 65.4 Å². The smallest absolute Gasteiger partial charge is 0.0461 e. The molecule has 0 amide bonds. The topological polar surface area (TPSA) is 3.24 Å². The Balaban J connectivity index is 0.00000122. The molecule has 1 nitrogen and oxygen atoms in total. The molecule has 2 radical (unpaired) electrons. The normalized spacial score (nSPS) is 16.0. The van der Waals surface area contributed by atoms with E-state index in [-0.39, 0.29) is 71.3 Å². The van der Waals surface area contributed by atoms with Gasteiger partial charge in [0.05, 0.1) is 0 Å². The quantitative estimate of drug-likeness (QED) is 0.301. The van der Waals surface area contributed by atoms with Gasteiger partial charge in [-0.05, 0) is 47.9 Å². The molecule has 0 heterocycles. The molecule has 0 aliphatic heterocycles. The maximum atomic E-state index is 3.53. The molecule has 0 N–H and O–H groups in total. The Morgan fingerprint density at radius 2 is 1.00 bits per heavy atom. The van der Waals surface area contributed by atoms with Gasteiger partial charge < -0.3 is 4.90 Å². The van der Waals surface area contributed by atoms with E-state index in [4.69, 9.17) is 0 Å². The second-order valence-corrected chi connectivity index (χ2v) is 7.92. The van der Waals surface area contributed by atoms with E-state index in [0.717, 1.165) is 29.9 Å². The molecule has 3 aromatic carbocycles. The van der Waals surface area contributed by atoms with Gasteiger partial charge in [0.25, 0.3) is 0 Å². The van der Waals surface area contributed by atoms with Gasteiger partial charge in [0.15, 0.2) is 0 Å². The average Bonchev–Trinajstić information content (AvgIpc) is 3.51. The average molecular weight is 561 g/mol. The van der Waals surface area contributed by atoms with E-state index >= 15 is 0 Å². The number of para-hydroxylation sites is 2. The van der Waals surface area contributed by atoms with Gasteiger partial charge in [-0.2, -0.15) is 12.2 Å². The van der Waals surface area contributed by atoms with E-state index in [1.54, 1.807) is 0 Å². The van der Waals surface area contributed by atoms with Crippen molar-refractivity contribution >= 4 is 17.1 Å². The molecule has 3 heteroatoms. The summed E-state index contributed by atoms with van der Waals surface area (Å²) in [6.45, 7) is 0. The predicted octanol–water partition coefficient (Wildman–Crippen LogP) is 7.37. The first-order valence-corrected chi connectivity index (χ1v) is 10.5. The predicted molar refractivity (Wildman–Crippen MR) is 123 cm³/mol. The summed E-state index contributed by atoms with van der Waals surface area (Å²) < 4.78 is 0. The monoisotopic (exact) mass is 561 g/mol. The molecule has 3 aliphatic carbocycles. The van der Waals surface area contributed by atoms with Crippen LogP contribution in [0.4, 0.5) is 17.1 Å². The third kappa shape index (κ3) is 4.14. The summed E-state index contributed by atoms with van der Waals surface area (Å²) in [4.78, 5) is 2.30. The summed E-state index contributed by atoms with van der Waals surface area (Å²) in [6.07, 6.45) is 13.5. The number of fused-ring (bicyclic) bond motifs is 1. The van der Waals surface area contributed by atoms with E-state index in [0.29, 0.717) is 0 Å². The number of anilines is 3. The number of benzene rings is 3. The number of rotatable bonds is 4. The third-order valence-corrected chi connectivity index (χ3v) is 6.23. The largest absolute Gasteiger partial charge is 0.311 e. The Hall–Kier alpha value is -1.37. The summed E-state index contributed by atoms with van der Waals surface area (Å²) >= 11 is 0. The van der Waals surface area contributed by atoms with Crippen molar-refractivity contribution in [3.63, 3.8) is 0 Å². The molecular formula is C29H21NY2-2. The first-order valence-electron chi connectivity index (χ1n) is 10.5. The van der Waals surface area contributed by atoms with Crippen molar-refractivity contribution in [3.8, 4) is 0 Å². The number of nitrogens with zero attached hydrogens (tertiary/aromatic N) is 1. The molecule has 0 saturated heterocycles. The number of hydrogen-bond donors (Lipinski definition) is 0. The molecular weight excluding hydrogens is 540 g/mol. The van der Waals surface area contributed by atoms with Crippen LogP contribution in [0.15, 0.2) is 119 Å². The molecule has 0 saturated carbocycles. The standard InChI is InChI=1S/C29H21N.2Y/c1-3-9-22(10-4-1)30(23-11-5-2-6-12-23)24-19-17-21(18-20-24)29-27-15-7-13-25(27)26-14-8-16-28(26)29;;/h1-12,17-20,29H,13-14H2;;/q-2;;. The van der Waals surface area contributed by atoms with Crippen molar-refractivity contribution in [2.75, 3.05) is 4.90 Å². The second-order valence-electron chi connectivity index (χ2n) is 7.92. The Kier molecular flexibility index (Phi) is 7.63. The molecule has 32 heavy (non-hydrogen) atoms. The van der Waals surface area contributed by atoms with Crippen LogP contribution < -0.4 is 4.90 Å². The van der Waals surface area contributed by atoms with Crippen molar-refractivity contribution in [1.29, 1.82) is 0 Å². The van der Waals surface area contributed by atoms with Gasteiger partial charge in [-0.1, -0.05) is 48.5 Å². The number of hydrogen-bond acceptors (Lipinski definition) is 1. The Morgan fingerprint density at radius 1 is 0.562 bits per heavy atom. The number of allylic oxidation sites excluding steroid dienone is 8. The van der Waals surface area contributed by atoms with Gasteiger partial charge in [-0.3, -0.25) is 23.3 Å². The Labute approximate surface area is 240 Å². The molecule has 6 rings (SSSR count). The second kappa shape index (κ2) is 10.3. The summed E-state index contributed by atoms with van der Waals surface area (Å²) in [6, 6.07) is 30.1. The van der Waals surface area contributed by atoms with E-state index in [1.807, 2.05) is 0 Å². The fourth-order valence-electron chi connectivity index (χ4n) is 4.90. The minimum absolute atomic E-state index is 0. The van der Waals surface area contributed by atoms with Crippen LogP contribution in [0.3, 0.4) is 0 Å². The van der Waals surface area contributed by atoms with Crippen molar-refractivity contribution in [3.05, 3.63) is 137 Å². The molecule has 3 aromatic rings. The summed E-state index contributed by atoms with van der Waals surface area (Å²) in [5.41, 5.74) is 10.5. The van der Waals surface area contributed by atoms with Crippen molar-refractivity contribution in [2.24, 2.45) is 0 Å². The SMILES string of the molecule is [C-]1=CCC2=C1C(c1ccc(N(c3ccccc3)c3ccccc3)cc1)C1=C2CC=[C-]1.[Y].[Y]. The van der Waals surface area contributed by atoms with Crippen LogP contribution in [0.5, 0.6) is 0 Å². The van der Waals surface area contributed by atoms with Gasteiger partial charge in [-0.15, -0.1) is 12.8 Å². The van der Waals surface area contributed by atoms with E-state index < -0.39 is 0 Å². The van der Waals surface area contributed by atoms with Crippen LogP contribution in [0.1, 0.15) is 24.3 Å². The molecule has 0 unspecified atom stereocenters. The summed E-state index contributed by atoms with van der Waals surface area (Å²) in [5.74, 6) is 0.281. The zero-order chi connectivity index (χ0) is 19.9. The van der Waals surface area contributed by atoms with Crippen LogP contribution >= 0.6 is 0 Å². The maximum absolute atomic E-state index is 3.53. The van der Waals surface area contributed by atoms with Crippen LogP contribution in [-0.4, -0.2) is 0 Å². The fourth-order valence-corrected chi connectivity index (χ4v) is 4.90. The van der Waals surface area contributed by atoms with Crippen molar-refractivity contribution in [2.45, 2.75) is 18.8 Å². The zero-order valence-corrected chi connectivity index (χ0v) is 23.5. The first kappa shape index (κ1) is 23.8. The van der Waals surface area contributed by atoms with Gasteiger partial charge in [0.2, 0.25) is 0 Å². The first-order chi connectivity index (χ1) is 14.9. The molecule has 3 aliphatic rings. The fraction of sp³-hybridized carbons (Fsp3) is 0.103. The molecule has 0 aromatic heterocycles. The third-order valence-electron chi connectivity index (χ3n) is 6.23.